The molecule has 0 unspecified atom stereocenters. The zero-order chi connectivity index (χ0) is 19.5. The minimum atomic E-state index is -3.70. The maximum atomic E-state index is 11.5. The first-order valence-electron chi connectivity index (χ1n) is 9.74. The quantitative estimate of drug-likeness (QED) is 0.160. The number of hydrogen-bond acceptors (Lipinski definition) is 4. The lowest BCUT2D eigenvalue weighted by Crippen LogP contribution is -2.39. The smallest absolute Gasteiger partial charge is 0.238 e. The Kier molecular flexibility index (Phi) is 12.0. The molecular formula is C19H33IN4O3S. The topological polar surface area (TPSA) is 106 Å². The largest absolute Gasteiger partial charge is 0.376 e. The molecule has 0 spiro atoms. The van der Waals surface area contributed by atoms with Gasteiger partial charge in [-0.1, -0.05) is 37.8 Å². The summed E-state index contributed by atoms with van der Waals surface area (Å²) in [6, 6.07) is 6.54. The Bertz CT molecular complexity index is 705. The van der Waals surface area contributed by atoms with Crippen LogP contribution in [0, 0.1) is 0 Å². The minimum Gasteiger partial charge on any atom is -0.376 e. The first kappa shape index (κ1) is 25.1. The Hall–Kier alpha value is -0.910. The summed E-state index contributed by atoms with van der Waals surface area (Å²) >= 11 is 0. The third kappa shape index (κ3) is 9.53. The van der Waals surface area contributed by atoms with Gasteiger partial charge in [0, 0.05) is 13.1 Å². The number of halogens is 1. The predicted octanol–water partition coefficient (Wildman–Crippen LogP) is 2.75. The van der Waals surface area contributed by atoms with Crippen LogP contribution >= 0.6 is 24.0 Å². The van der Waals surface area contributed by atoms with Crippen molar-refractivity contribution in [2.24, 2.45) is 10.1 Å². The molecule has 0 bridgehead atoms. The molecule has 9 heteroatoms. The Morgan fingerprint density at radius 2 is 1.93 bits per heavy atom. The number of aliphatic imine (C=N–C) groups is 1. The van der Waals surface area contributed by atoms with E-state index >= 15 is 0 Å². The highest BCUT2D eigenvalue weighted by Crippen LogP contribution is 2.19. The molecule has 1 saturated carbocycles. The lowest BCUT2D eigenvalue weighted by atomic mass is 10.1. The van der Waals surface area contributed by atoms with E-state index in [1.807, 2.05) is 13.0 Å². The Labute approximate surface area is 186 Å². The molecule has 2 rings (SSSR count). The van der Waals surface area contributed by atoms with Crippen LogP contribution in [-0.4, -0.2) is 40.2 Å². The molecule has 1 aliphatic carbocycles. The number of primary sulfonamides is 1. The van der Waals surface area contributed by atoms with Gasteiger partial charge in [0.1, 0.15) is 0 Å². The van der Waals surface area contributed by atoms with Gasteiger partial charge in [-0.2, -0.15) is 0 Å². The molecule has 28 heavy (non-hydrogen) atoms. The molecule has 0 radical (unpaired) electrons. The third-order valence-electron chi connectivity index (χ3n) is 4.54. The van der Waals surface area contributed by atoms with Gasteiger partial charge in [-0.05, 0) is 37.5 Å². The number of sulfonamides is 1. The molecular weight excluding hydrogens is 491 g/mol. The van der Waals surface area contributed by atoms with E-state index in [0.29, 0.717) is 31.8 Å². The first-order chi connectivity index (χ1) is 13.0. The van der Waals surface area contributed by atoms with Gasteiger partial charge in [0.15, 0.2) is 5.96 Å². The van der Waals surface area contributed by atoms with E-state index in [1.165, 1.54) is 31.7 Å². The van der Waals surface area contributed by atoms with E-state index in [1.54, 1.807) is 12.1 Å². The van der Waals surface area contributed by atoms with Crippen LogP contribution < -0.4 is 15.8 Å². The Balaban J connectivity index is 0.00000392. The average molecular weight is 524 g/mol. The predicted molar refractivity (Wildman–Crippen MR) is 123 cm³/mol. The van der Waals surface area contributed by atoms with Crippen LogP contribution in [0.3, 0.4) is 0 Å². The molecule has 0 saturated heterocycles. The second-order valence-electron chi connectivity index (χ2n) is 6.80. The fourth-order valence-corrected chi connectivity index (χ4v) is 3.72. The average Bonchev–Trinajstić information content (AvgIpc) is 2.91. The van der Waals surface area contributed by atoms with Crippen molar-refractivity contribution in [2.45, 2.75) is 63.0 Å². The van der Waals surface area contributed by atoms with Crippen LogP contribution in [0.2, 0.25) is 0 Å². The molecule has 0 aliphatic heterocycles. The molecule has 1 aliphatic rings. The molecule has 0 aromatic heterocycles. The van der Waals surface area contributed by atoms with Crippen molar-refractivity contribution in [3.63, 3.8) is 0 Å². The van der Waals surface area contributed by atoms with Crippen LogP contribution in [0.25, 0.3) is 0 Å². The number of nitrogens with one attached hydrogen (secondary N) is 2. The van der Waals surface area contributed by atoms with Crippen molar-refractivity contribution in [1.82, 2.24) is 10.6 Å². The van der Waals surface area contributed by atoms with Crippen LogP contribution in [0.4, 0.5) is 0 Å². The van der Waals surface area contributed by atoms with Gasteiger partial charge in [-0.25, -0.2) is 18.5 Å². The van der Waals surface area contributed by atoms with E-state index in [0.717, 1.165) is 24.9 Å². The van der Waals surface area contributed by atoms with Gasteiger partial charge in [-0.3, -0.25) is 0 Å². The van der Waals surface area contributed by atoms with Gasteiger partial charge in [0.05, 0.1) is 24.2 Å². The maximum absolute atomic E-state index is 11.5. The normalized spacial score (nSPS) is 16.1. The monoisotopic (exact) mass is 524 g/mol. The number of nitrogens with zero attached hydrogens (tertiary/aromatic N) is 1. The summed E-state index contributed by atoms with van der Waals surface area (Å²) < 4.78 is 28.9. The summed E-state index contributed by atoms with van der Waals surface area (Å²) in [7, 11) is -3.70. The molecule has 160 valence electrons. The Morgan fingerprint density at radius 1 is 1.21 bits per heavy atom. The highest BCUT2D eigenvalue weighted by molar-refractivity contribution is 14.0. The zero-order valence-electron chi connectivity index (χ0n) is 16.5. The second-order valence-corrected chi connectivity index (χ2v) is 8.36. The van der Waals surface area contributed by atoms with Crippen LogP contribution in [0.1, 0.15) is 51.0 Å². The molecule has 4 N–H and O–H groups in total. The Morgan fingerprint density at radius 3 is 2.57 bits per heavy atom. The molecule has 1 aromatic rings. The number of rotatable bonds is 8. The van der Waals surface area contributed by atoms with Crippen LogP contribution in [0.5, 0.6) is 0 Å². The van der Waals surface area contributed by atoms with Crippen LogP contribution in [0.15, 0.2) is 34.2 Å². The summed E-state index contributed by atoms with van der Waals surface area (Å²) in [5.41, 5.74) is 0.786. The number of benzene rings is 1. The van der Waals surface area contributed by atoms with Crippen molar-refractivity contribution in [3.05, 3.63) is 29.8 Å². The van der Waals surface area contributed by atoms with E-state index in [9.17, 15) is 8.42 Å². The number of guanidine groups is 1. The molecule has 1 fully saturated rings. The van der Waals surface area contributed by atoms with Gasteiger partial charge < -0.3 is 15.4 Å². The number of ether oxygens (including phenoxy) is 1. The van der Waals surface area contributed by atoms with Gasteiger partial charge in [0.25, 0.3) is 0 Å². The number of hydrogen-bond donors (Lipinski definition) is 3. The summed E-state index contributed by atoms with van der Waals surface area (Å²) in [5.74, 6) is 0.683. The third-order valence-corrected chi connectivity index (χ3v) is 5.45. The van der Waals surface area contributed by atoms with E-state index in [2.05, 4.69) is 15.6 Å². The van der Waals surface area contributed by atoms with Crippen LogP contribution in [-0.2, 0) is 21.3 Å². The summed E-state index contributed by atoms with van der Waals surface area (Å²) in [6.45, 7) is 4.44. The lowest BCUT2D eigenvalue weighted by Gasteiger charge is -2.16. The number of nitrogens with two attached hydrogens (primary N) is 1. The second kappa shape index (κ2) is 13.3. The van der Waals surface area contributed by atoms with Gasteiger partial charge >= 0.3 is 0 Å². The highest BCUT2D eigenvalue weighted by atomic mass is 127. The standard InChI is InChI=1S/C19H32N4O3S.HI/c1-2-21-19(22-12-13-26-17-9-5-3-4-6-10-17)23-15-16-8-7-11-18(14-16)27(20,24)25;/h7-8,11,14,17H,2-6,9-10,12-13,15H2,1H3,(H2,20,24,25)(H2,21,22,23);1H. The summed E-state index contributed by atoms with van der Waals surface area (Å²) in [5, 5.41) is 11.6. The minimum absolute atomic E-state index is 0. The van der Waals surface area contributed by atoms with Crippen molar-refractivity contribution in [1.29, 1.82) is 0 Å². The lowest BCUT2D eigenvalue weighted by molar-refractivity contribution is 0.0468. The molecule has 1 aromatic carbocycles. The molecule has 7 nitrogen and oxygen atoms in total. The fourth-order valence-electron chi connectivity index (χ4n) is 3.14. The maximum Gasteiger partial charge on any atom is 0.238 e. The highest BCUT2D eigenvalue weighted by Gasteiger charge is 2.12. The fraction of sp³-hybridized carbons (Fsp3) is 0.632. The van der Waals surface area contributed by atoms with E-state index in [4.69, 9.17) is 9.88 Å². The van der Waals surface area contributed by atoms with Crippen molar-refractivity contribution in [2.75, 3.05) is 19.7 Å². The molecule has 0 amide bonds. The SMILES string of the molecule is CCNC(=NCc1cccc(S(N)(=O)=O)c1)NCCOC1CCCCCC1.I. The summed E-state index contributed by atoms with van der Waals surface area (Å²) in [4.78, 5) is 4.61. The first-order valence-corrected chi connectivity index (χ1v) is 11.3. The van der Waals surface area contributed by atoms with Gasteiger partial charge in [0.2, 0.25) is 10.0 Å². The molecule has 0 atom stereocenters. The molecule has 0 heterocycles. The van der Waals surface area contributed by atoms with E-state index in [-0.39, 0.29) is 28.9 Å². The van der Waals surface area contributed by atoms with Gasteiger partial charge in [-0.15, -0.1) is 24.0 Å². The van der Waals surface area contributed by atoms with E-state index < -0.39 is 10.0 Å². The van der Waals surface area contributed by atoms with Crippen molar-refractivity contribution in [3.8, 4) is 0 Å². The van der Waals surface area contributed by atoms with Crippen molar-refractivity contribution >= 4 is 40.0 Å². The van der Waals surface area contributed by atoms with Crippen molar-refractivity contribution < 1.29 is 13.2 Å². The zero-order valence-corrected chi connectivity index (χ0v) is 19.7. The summed E-state index contributed by atoms with van der Waals surface area (Å²) in [6.07, 6.45) is 7.88.